The quantitative estimate of drug-likeness (QED) is 0.383. The van der Waals surface area contributed by atoms with Crippen molar-refractivity contribution in [3.8, 4) is 11.5 Å². The van der Waals surface area contributed by atoms with Gasteiger partial charge in [-0.3, -0.25) is 0 Å². The summed E-state index contributed by atoms with van der Waals surface area (Å²) in [7, 11) is 0. The average Bonchev–Trinajstić information content (AvgIpc) is 2.74. The van der Waals surface area contributed by atoms with Gasteiger partial charge >= 0.3 is 5.97 Å². The van der Waals surface area contributed by atoms with Gasteiger partial charge in [-0.2, -0.15) is 0 Å². The Bertz CT molecular complexity index is 1050. The van der Waals surface area contributed by atoms with Crippen molar-refractivity contribution < 1.29 is 23.8 Å². The van der Waals surface area contributed by atoms with Gasteiger partial charge in [-0.05, 0) is 61.0 Å². The monoisotopic (exact) mass is 463 g/mol. The highest BCUT2D eigenvalue weighted by Gasteiger charge is 2.15. The molecule has 0 bridgehead atoms. The molecule has 0 atom stereocenters. The van der Waals surface area contributed by atoms with Crippen LogP contribution in [-0.2, 0) is 13.2 Å². The van der Waals surface area contributed by atoms with Crippen molar-refractivity contribution in [2.75, 3.05) is 11.9 Å². The van der Waals surface area contributed by atoms with Crippen molar-refractivity contribution in [3.05, 3.63) is 87.2 Å². The molecule has 0 aromatic heterocycles. The molecule has 162 valence electrons. The van der Waals surface area contributed by atoms with E-state index in [1.54, 1.807) is 30.3 Å². The number of benzene rings is 3. The van der Waals surface area contributed by atoms with Gasteiger partial charge in [0.2, 0.25) is 0 Å². The fourth-order valence-corrected chi connectivity index (χ4v) is 3.38. The molecule has 3 aromatic carbocycles. The summed E-state index contributed by atoms with van der Waals surface area (Å²) in [5, 5.41) is 12.8. The molecular formula is C23H20Cl2FNO4. The highest BCUT2D eigenvalue weighted by molar-refractivity contribution is 6.32. The molecule has 2 N–H and O–H groups in total. The Hall–Kier alpha value is -2.96. The molecule has 0 amide bonds. The molecule has 0 radical (unpaired) electrons. The van der Waals surface area contributed by atoms with E-state index in [9.17, 15) is 9.18 Å². The normalized spacial score (nSPS) is 10.6. The first kappa shape index (κ1) is 22.7. The van der Waals surface area contributed by atoms with E-state index in [1.165, 1.54) is 24.3 Å². The van der Waals surface area contributed by atoms with Gasteiger partial charge < -0.3 is 19.9 Å². The van der Waals surface area contributed by atoms with Crippen molar-refractivity contribution in [2.45, 2.75) is 20.1 Å². The minimum atomic E-state index is -0.980. The van der Waals surface area contributed by atoms with Crippen LogP contribution in [0, 0.1) is 5.82 Å². The summed E-state index contributed by atoms with van der Waals surface area (Å²) in [5.41, 5.74) is 2.03. The Morgan fingerprint density at radius 2 is 1.81 bits per heavy atom. The Labute approximate surface area is 189 Å². The van der Waals surface area contributed by atoms with Crippen molar-refractivity contribution in [1.29, 1.82) is 0 Å². The first-order valence-corrected chi connectivity index (χ1v) is 10.2. The number of anilines is 1. The largest absolute Gasteiger partial charge is 0.490 e. The summed E-state index contributed by atoms with van der Waals surface area (Å²) in [4.78, 5) is 11.0. The molecule has 5 nitrogen and oxygen atoms in total. The number of nitrogens with one attached hydrogen (secondary N) is 1. The first-order chi connectivity index (χ1) is 14.9. The molecule has 0 aliphatic rings. The van der Waals surface area contributed by atoms with Gasteiger partial charge in [-0.15, -0.1) is 0 Å². The zero-order valence-corrected chi connectivity index (χ0v) is 18.1. The number of halogens is 3. The average molecular weight is 464 g/mol. The van der Waals surface area contributed by atoms with E-state index in [4.69, 9.17) is 37.8 Å². The molecule has 0 fully saturated rings. The van der Waals surface area contributed by atoms with E-state index in [1.807, 2.05) is 6.92 Å². The van der Waals surface area contributed by atoms with Crippen LogP contribution in [0.5, 0.6) is 11.5 Å². The van der Waals surface area contributed by atoms with E-state index in [0.717, 1.165) is 11.3 Å². The van der Waals surface area contributed by atoms with Gasteiger partial charge in [0.1, 0.15) is 12.4 Å². The van der Waals surface area contributed by atoms with Gasteiger partial charge in [0.25, 0.3) is 0 Å². The van der Waals surface area contributed by atoms with Crippen LogP contribution < -0.4 is 14.8 Å². The van der Waals surface area contributed by atoms with Crippen LogP contribution in [0.15, 0.2) is 54.6 Å². The molecule has 0 spiro atoms. The van der Waals surface area contributed by atoms with Crippen LogP contribution in [-0.4, -0.2) is 17.7 Å². The number of carboxylic acid groups (broad SMARTS) is 1. The van der Waals surface area contributed by atoms with Crippen LogP contribution >= 0.6 is 23.2 Å². The summed E-state index contributed by atoms with van der Waals surface area (Å²) in [6.45, 7) is 2.55. The molecule has 0 saturated heterocycles. The lowest BCUT2D eigenvalue weighted by Crippen LogP contribution is -2.05. The zero-order valence-electron chi connectivity index (χ0n) is 16.6. The van der Waals surface area contributed by atoms with Gasteiger partial charge in [0, 0.05) is 17.8 Å². The number of carboxylic acids is 1. The van der Waals surface area contributed by atoms with Crippen molar-refractivity contribution in [2.24, 2.45) is 0 Å². The summed E-state index contributed by atoms with van der Waals surface area (Å²) in [6.07, 6.45) is 0. The molecular weight excluding hydrogens is 444 g/mol. The summed E-state index contributed by atoms with van der Waals surface area (Å²) < 4.78 is 25.5. The van der Waals surface area contributed by atoms with Gasteiger partial charge in [0.05, 0.1) is 22.2 Å². The second-order valence-corrected chi connectivity index (χ2v) is 7.38. The van der Waals surface area contributed by atoms with E-state index < -0.39 is 11.8 Å². The van der Waals surface area contributed by atoms with Crippen LogP contribution in [0.4, 0.5) is 10.1 Å². The number of rotatable bonds is 9. The van der Waals surface area contributed by atoms with Crippen molar-refractivity contribution in [1.82, 2.24) is 0 Å². The lowest BCUT2D eigenvalue weighted by molar-refractivity contribution is 0.0697. The maximum Gasteiger partial charge on any atom is 0.335 e. The molecule has 8 heteroatoms. The Balaban J connectivity index is 1.75. The third-order valence-corrected chi connectivity index (χ3v) is 5.06. The predicted octanol–water partition coefficient (Wildman–Crippen LogP) is 6.42. The summed E-state index contributed by atoms with van der Waals surface area (Å²) in [5.74, 6) is -0.707. The minimum Gasteiger partial charge on any atom is -0.490 e. The molecule has 0 aliphatic carbocycles. The summed E-state index contributed by atoms with van der Waals surface area (Å²) >= 11 is 12.5. The number of carbonyl (C=O) groups is 1. The third kappa shape index (κ3) is 5.81. The maximum atomic E-state index is 14.0. The van der Waals surface area contributed by atoms with Gasteiger partial charge in [-0.1, -0.05) is 29.3 Å². The predicted molar refractivity (Wildman–Crippen MR) is 119 cm³/mol. The fraction of sp³-hybridized carbons (Fsp3) is 0.174. The number of ether oxygens (including phenoxy) is 2. The standard InChI is InChI=1S/C23H20Cl2FNO4/c1-2-30-21-11-14(12-27-16-8-6-15(7-9-16)23(28)29)10-19(25)22(21)31-13-17-18(24)4-3-5-20(17)26/h3-11,27H,2,12-13H2,1H3,(H,28,29). The number of hydrogen-bond acceptors (Lipinski definition) is 4. The van der Waals surface area contributed by atoms with Gasteiger partial charge in [0.15, 0.2) is 11.5 Å². The lowest BCUT2D eigenvalue weighted by Gasteiger charge is -2.16. The topological polar surface area (TPSA) is 67.8 Å². The van der Waals surface area contributed by atoms with Crippen molar-refractivity contribution >= 4 is 34.9 Å². The smallest absolute Gasteiger partial charge is 0.335 e. The molecule has 31 heavy (non-hydrogen) atoms. The minimum absolute atomic E-state index is 0.0984. The van der Waals surface area contributed by atoms with Gasteiger partial charge in [-0.25, -0.2) is 9.18 Å². The van der Waals surface area contributed by atoms with Crippen LogP contribution in [0.1, 0.15) is 28.4 Å². The Morgan fingerprint density at radius 3 is 2.45 bits per heavy atom. The Morgan fingerprint density at radius 1 is 1.06 bits per heavy atom. The summed E-state index contributed by atoms with van der Waals surface area (Å²) in [6, 6.07) is 14.3. The fourth-order valence-electron chi connectivity index (χ4n) is 2.88. The molecule has 0 aliphatic heterocycles. The third-order valence-electron chi connectivity index (χ3n) is 4.42. The number of hydrogen-bond donors (Lipinski definition) is 2. The van der Waals surface area contributed by atoms with Crippen LogP contribution in [0.3, 0.4) is 0 Å². The second kappa shape index (κ2) is 10.4. The zero-order chi connectivity index (χ0) is 22.4. The molecule has 3 rings (SSSR count). The second-order valence-electron chi connectivity index (χ2n) is 6.56. The molecule has 0 saturated carbocycles. The first-order valence-electron chi connectivity index (χ1n) is 9.47. The lowest BCUT2D eigenvalue weighted by atomic mass is 10.1. The van der Waals surface area contributed by atoms with Crippen LogP contribution in [0.2, 0.25) is 10.0 Å². The highest BCUT2D eigenvalue weighted by Crippen LogP contribution is 2.38. The van der Waals surface area contributed by atoms with E-state index in [2.05, 4.69) is 5.32 Å². The Kier molecular flexibility index (Phi) is 7.60. The SMILES string of the molecule is CCOc1cc(CNc2ccc(C(=O)O)cc2)cc(Cl)c1OCc1c(F)cccc1Cl. The maximum absolute atomic E-state index is 14.0. The van der Waals surface area contributed by atoms with Crippen LogP contribution in [0.25, 0.3) is 0 Å². The van der Waals surface area contributed by atoms with Crippen molar-refractivity contribution in [3.63, 3.8) is 0 Å². The highest BCUT2D eigenvalue weighted by atomic mass is 35.5. The molecule has 3 aromatic rings. The molecule has 0 heterocycles. The molecule has 0 unspecified atom stereocenters. The van der Waals surface area contributed by atoms with E-state index in [0.29, 0.717) is 29.7 Å². The van der Waals surface area contributed by atoms with E-state index in [-0.39, 0.29) is 22.8 Å². The number of aromatic carboxylic acids is 1. The van der Waals surface area contributed by atoms with E-state index >= 15 is 0 Å².